The van der Waals surface area contributed by atoms with Crippen LogP contribution in [0, 0.1) is 6.92 Å². The van der Waals surface area contributed by atoms with Crippen molar-refractivity contribution in [2.24, 2.45) is 0 Å². The highest BCUT2D eigenvalue weighted by atomic mass is 32.1. The summed E-state index contributed by atoms with van der Waals surface area (Å²) in [5.41, 5.74) is 2.51. The first-order chi connectivity index (χ1) is 12.7. The van der Waals surface area contributed by atoms with Gasteiger partial charge >= 0.3 is 0 Å². The van der Waals surface area contributed by atoms with Gasteiger partial charge in [-0.05, 0) is 31.9 Å². The van der Waals surface area contributed by atoms with Crippen LogP contribution in [-0.2, 0) is 0 Å². The number of rotatable bonds is 4. The van der Waals surface area contributed by atoms with Gasteiger partial charge in [-0.3, -0.25) is 10.1 Å². The van der Waals surface area contributed by atoms with Gasteiger partial charge in [0, 0.05) is 29.7 Å². The molecular formula is C20H20N4OS. The standard InChI is InChI=1S/C20H20N4OS/c1-14-18(15-7-3-2-4-8-15)22-20(26-14)23-19(25)16-9-10-17(21-13-16)24-11-5-6-12-24/h2-4,7-10,13H,5-6,11-12H2,1H3,(H,22,23,25). The van der Waals surface area contributed by atoms with Crippen molar-refractivity contribution in [1.82, 2.24) is 9.97 Å². The minimum absolute atomic E-state index is 0.182. The average molecular weight is 364 g/mol. The molecule has 0 saturated carbocycles. The lowest BCUT2D eigenvalue weighted by Crippen LogP contribution is -2.19. The first-order valence-corrected chi connectivity index (χ1v) is 9.57. The highest BCUT2D eigenvalue weighted by molar-refractivity contribution is 7.16. The number of hydrogen-bond acceptors (Lipinski definition) is 5. The maximum Gasteiger partial charge on any atom is 0.259 e. The molecule has 1 aliphatic rings. The van der Waals surface area contributed by atoms with E-state index in [9.17, 15) is 4.79 Å². The molecule has 2 aromatic heterocycles. The average Bonchev–Trinajstić information content (AvgIpc) is 3.32. The predicted octanol–water partition coefficient (Wildman–Crippen LogP) is 4.37. The number of amides is 1. The molecule has 3 heterocycles. The van der Waals surface area contributed by atoms with Crippen LogP contribution >= 0.6 is 11.3 Å². The predicted molar refractivity (Wildman–Crippen MR) is 106 cm³/mol. The number of nitrogens with one attached hydrogen (secondary N) is 1. The van der Waals surface area contributed by atoms with Crippen molar-refractivity contribution in [1.29, 1.82) is 0 Å². The highest BCUT2D eigenvalue weighted by Gasteiger charge is 2.16. The summed E-state index contributed by atoms with van der Waals surface area (Å²) in [7, 11) is 0. The summed E-state index contributed by atoms with van der Waals surface area (Å²) in [5, 5.41) is 3.50. The van der Waals surface area contributed by atoms with Crippen LogP contribution in [0.3, 0.4) is 0 Å². The summed E-state index contributed by atoms with van der Waals surface area (Å²) in [6.45, 7) is 4.10. The minimum atomic E-state index is -0.182. The van der Waals surface area contributed by atoms with Crippen LogP contribution in [0.2, 0.25) is 0 Å². The van der Waals surface area contributed by atoms with Crippen molar-refractivity contribution < 1.29 is 4.79 Å². The topological polar surface area (TPSA) is 58.1 Å². The van der Waals surface area contributed by atoms with Gasteiger partial charge in [-0.15, -0.1) is 11.3 Å². The van der Waals surface area contributed by atoms with Crippen molar-refractivity contribution in [2.45, 2.75) is 19.8 Å². The van der Waals surface area contributed by atoms with Crippen molar-refractivity contribution in [2.75, 3.05) is 23.3 Å². The lowest BCUT2D eigenvalue weighted by molar-refractivity contribution is 0.102. The summed E-state index contributed by atoms with van der Waals surface area (Å²) in [6, 6.07) is 13.7. The number of anilines is 2. The largest absolute Gasteiger partial charge is 0.357 e. The molecule has 0 spiro atoms. The molecule has 0 unspecified atom stereocenters. The van der Waals surface area contributed by atoms with E-state index in [2.05, 4.69) is 20.2 Å². The maximum atomic E-state index is 12.5. The van der Waals surface area contributed by atoms with Gasteiger partial charge in [-0.1, -0.05) is 30.3 Å². The van der Waals surface area contributed by atoms with E-state index in [1.165, 1.54) is 24.2 Å². The molecule has 1 amide bonds. The number of hydrogen-bond donors (Lipinski definition) is 1. The number of benzene rings is 1. The van der Waals surface area contributed by atoms with Crippen molar-refractivity contribution >= 4 is 28.2 Å². The summed E-state index contributed by atoms with van der Waals surface area (Å²) in [5.74, 6) is 0.759. The Labute approximate surface area is 156 Å². The normalized spacial score (nSPS) is 13.8. The van der Waals surface area contributed by atoms with Gasteiger partial charge in [-0.25, -0.2) is 9.97 Å². The number of aryl methyl sites for hydroxylation is 1. The molecule has 0 aliphatic carbocycles. The van der Waals surface area contributed by atoms with E-state index < -0.39 is 0 Å². The molecule has 4 rings (SSSR count). The minimum Gasteiger partial charge on any atom is -0.357 e. The Hall–Kier alpha value is -2.73. The zero-order chi connectivity index (χ0) is 17.9. The van der Waals surface area contributed by atoms with Gasteiger partial charge in [0.1, 0.15) is 5.82 Å². The Kier molecular flexibility index (Phi) is 4.67. The molecule has 0 bridgehead atoms. The van der Waals surface area contributed by atoms with Gasteiger partial charge in [0.05, 0.1) is 11.3 Å². The summed E-state index contributed by atoms with van der Waals surface area (Å²) >= 11 is 1.48. The monoisotopic (exact) mass is 364 g/mol. The van der Waals surface area contributed by atoms with Gasteiger partial charge in [0.25, 0.3) is 5.91 Å². The van der Waals surface area contributed by atoms with E-state index in [4.69, 9.17) is 0 Å². The van der Waals surface area contributed by atoms with Crippen LogP contribution in [0.25, 0.3) is 11.3 Å². The summed E-state index contributed by atoms with van der Waals surface area (Å²) in [4.78, 5) is 24.9. The van der Waals surface area contributed by atoms with Gasteiger partial charge in [0.2, 0.25) is 0 Å². The van der Waals surface area contributed by atoms with Crippen LogP contribution < -0.4 is 10.2 Å². The fourth-order valence-electron chi connectivity index (χ4n) is 3.14. The van der Waals surface area contributed by atoms with Gasteiger partial charge < -0.3 is 4.90 Å². The molecule has 5 nitrogen and oxygen atoms in total. The molecule has 0 atom stereocenters. The molecule has 0 radical (unpaired) electrons. The number of thiazole rings is 1. The molecule has 1 fully saturated rings. The van der Waals surface area contributed by atoms with Gasteiger partial charge in [0.15, 0.2) is 5.13 Å². The van der Waals surface area contributed by atoms with E-state index in [1.807, 2.05) is 49.4 Å². The third-order valence-corrected chi connectivity index (χ3v) is 5.39. The first kappa shape index (κ1) is 16.7. The zero-order valence-electron chi connectivity index (χ0n) is 14.6. The molecule has 1 saturated heterocycles. The molecule has 3 aromatic rings. The lowest BCUT2D eigenvalue weighted by Gasteiger charge is -2.15. The third kappa shape index (κ3) is 3.46. The van der Waals surface area contributed by atoms with Crippen LogP contribution in [0.4, 0.5) is 10.9 Å². The highest BCUT2D eigenvalue weighted by Crippen LogP contribution is 2.30. The Bertz CT molecular complexity index is 899. The van der Waals surface area contributed by atoms with Crippen LogP contribution in [0.15, 0.2) is 48.7 Å². The Balaban J connectivity index is 1.48. The first-order valence-electron chi connectivity index (χ1n) is 8.76. The summed E-state index contributed by atoms with van der Waals surface area (Å²) in [6.07, 6.45) is 4.05. The smallest absolute Gasteiger partial charge is 0.259 e. The quantitative estimate of drug-likeness (QED) is 0.747. The Morgan fingerprint density at radius 3 is 2.58 bits per heavy atom. The molecule has 1 aliphatic heterocycles. The lowest BCUT2D eigenvalue weighted by atomic mass is 10.1. The third-order valence-electron chi connectivity index (χ3n) is 4.50. The fraction of sp³-hybridized carbons (Fsp3) is 0.250. The SMILES string of the molecule is Cc1sc(NC(=O)c2ccc(N3CCCC3)nc2)nc1-c1ccccc1. The second-order valence-corrected chi connectivity index (χ2v) is 7.55. The van der Waals surface area contributed by atoms with E-state index in [0.29, 0.717) is 10.7 Å². The zero-order valence-corrected chi connectivity index (χ0v) is 15.4. The van der Waals surface area contributed by atoms with Gasteiger partial charge in [-0.2, -0.15) is 0 Å². The number of carbonyl (C=O) groups is 1. The van der Waals surface area contributed by atoms with Crippen molar-refractivity contribution in [3.8, 4) is 11.3 Å². The summed E-state index contributed by atoms with van der Waals surface area (Å²) < 4.78 is 0. The number of pyridine rings is 1. The fourth-order valence-corrected chi connectivity index (χ4v) is 3.97. The van der Waals surface area contributed by atoms with E-state index >= 15 is 0 Å². The molecule has 26 heavy (non-hydrogen) atoms. The second kappa shape index (κ2) is 7.25. The Morgan fingerprint density at radius 2 is 1.88 bits per heavy atom. The molecule has 6 heteroatoms. The van der Waals surface area contributed by atoms with E-state index in [1.54, 1.807) is 6.20 Å². The molecule has 132 valence electrons. The second-order valence-electron chi connectivity index (χ2n) is 6.34. The van der Waals surface area contributed by atoms with E-state index in [-0.39, 0.29) is 5.91 Å². The number of nitrogens with zero attached hydrogens (tertiary/aromatic N) is 3. The Morgan fingerprint density at radius 1 is 1.12 bits per heavy atom. The number of aromatic nitrogens is 2. The molecule has 1 N–H and O–H groups in total. The van der Waals surface area contributed by atoms with Crippen LogP contribution in [-0.4, -0.2) is 29.0 Å². The number of carbonyl (C=O) groups excluding carboxylic acids is 1. The molecule has 1 aromatic carbocycles. The van der Waals surface area contributed by atoms with Crippen LogP contribution in [0.1, 0.15) is 28.1 Å². The van der Waals surface area contributed by atoms with Crippen LogP contribution in [0.5, 0.6) is 0 Å². The van der Waals surface area contributed by atoms with Crippen molar-refractivity contribution in [3.63, 3.8) is 0 Å². The maximum absolute atomic E-state index is 12.5. The van der Waals surface area contributed by atoms with Crippen molar-refractivity contribution in [3.05, 3.63) is 59.1 Å². The van der Waals surface area contributed by atoms with E-state index in [0.717, 1.165) is 35.0 Å². The molecular weight excluding hydrogens is 344 g/mol.